The zero-order valence-electron chi connectivity index (χ0n) is 14.3. The first-order valence-electron chi connectivity index (χ1n) is 7.81. The van der Waals surface area contributed by atoms with Crippen molar-refractivity contribution in [3.8, 4) is 11.5 Å². The summed E-state index contributed by atoms with van der Waals surface area (Å²) in [5.41, 5.74) is 1.01. The minimum atomic E-state index is -0.731. The molecule has 132 valence electrons. The Kier molecular flexibility index (Phi) is 5.94. The van der Waals surface area contributed by atoms with Crippen molar-refractivity contribution in [1.29, 1.82) is 0 Å². The van der Waals surface area contributed by atoms with Gasteiger partial charge in [-0.05, 0) is 31.0 Å². The molecule has 0 aliphatic heterocycles. The van der Waals surface area contributed by atoms with Crippen molar-refractivity contribution in [2.24, 2.45) is 0 Å². The lowest BCUT2D eigenvalue weighted by molar-refractivity contribution is -0.384. The molecule has 0 bridgehead atoms. The van der Waals surface area contributed by atoms with Gasteiger partial charge >= 0.3 is 0 Å². The summed E-state index contributed by atoms with van der Waals surface area (Å²) in [6, 6.07) is 11.4. The number of non-ortho nitro benzene ring substituents is 1. The number of hydrogen-bond donors (Lipinski definition) is 1. The number of ether oxygens (including phenoxy) is 2. The summed E-state index contributed by atoms with van der Waals surface area (Å²) in [5.74, 6) is 0.560. The van der Waals surface area contributed by atoms with Crippen LogP contribution in [0.3, 0.4) is 0 Å². The van der Waals surface area contributed by atoms with Crippen LogP contribution < -0.4 is 14.8 Å². The second-order valence-electron chi connectivity index (χ2n) is 5.41. The van der Waals surface area contributed by atoms with Gasteiger partial charge in [0.15, 0.2) is 6.10 Å². The van der Waals surface area contributed by atoms with E-state index in [0.717, 1.165) is 5.56 Å². The lowest BCUT2D eigenvalue weighted by atomic mass is 10.2. The number of nitrogens with zero attached hydrogens (tertiary/aromatic N) is 1. The van der Waals surface area contributed by atoms with Gasteiger partial charge in [0.25, 0.3) is 11.6 Å². The number of rotatable bonds is 7. The van der Waals surface area contributed by atoms with E-state index < -0.39 is 16.9 Å². The molecule has 1 N–H and O–H groups in total. The molecular weight excluding hydrogens is 324 g/mol. The van der Waals surface area contributed by atoms with Crippen LogP contribution in [-0.2, 0) is 4.79 Å². The van der Waals surface area contributed by atoms with Crippen LogP contribution in [-0.4, -0.2) is 24.0 Å². The zero-order chi connectivity index (χ0) is 18.4. The van der Waals surface area contributed by atoms with E-state index in [9.17, 15) is 14.9 Å². The number of amides is 1. The summed E-state index contributed by atoms with van der Waals surface area (Å²) >= 11 is 0. The Labute approximate surface area is 145 Å². The molecule has 0 saturated heterocycles. The molecule has 0 aliphatic carbocycles. The van der Waals surface area contributed by atoms with E-state index in [1.165, 1.54) is 25.3 Å². The highest BCUT2D eigenvalue weighted by Gasteiger charge is 2.21. The third-order valence-electron chi connectivity index (χ3n) is 3.68. The average Bonchev–Trinajstić information content (AvgIpc) is 2.60. The van der Waals surface area contributed by atoms with Gasteiger partial charge in [0.1, 0.15) is 11.5 Å². The standard InChI is InChI=1S/C18H20N2O5/c1-4-15(25-16-8-6-5-7-12(16)2)18(21)19-14-11-13(20(22)23)9-10-17(14)24-3/h5-11,15H,4H2,1-3H3,(H,19,21). The topological polar surface area (TPSA) is 90.7 Å². The molecule has 0 radical (unpaired) electrons. The fourth-order valence-corrected chi connectivity index (χ4v) is 2.28. The van der Waals surface area contributed by atoms with Crippen LogP contribution in [0, 0.1) is 17.0 Å². The van der Waals surface area contributed by atoms with Gasteiger partial charge in [0.2, 0.25) is 0 Å². The van der Waals surface area contributed by atoms with E-state index in [1.807, 2.05) is 32.0 Å². The number of para-hydroxylation sites is 1. The van der Waals surface area contributed by atoms with Gasteiger partial charge in [-0.15, -0.1) is 0 Å². The van der Waals surface area contributed by atoms with Crippen molar-refractivity contribution in [3.05, 3.63) is 58.1 Å². The Hall–Kier alpha value is -3.09. The van der Waals surface area contributed by atoms with E-state index in [0.29, 0.717) is 17.9 Å². The molecule has 2 aromatic rings. The predicted molar refractivity (Wildman–Crippen MR) is 94.2 cm³/mol. The van der Waals surface area contributed by atoms with E-state index in [4.69, 9.17) is 9.47 Å². The Morgan fingerprint density at radius 3 is 2.56 bits per heavy atom. The maximum atomic E-state index is 12.5. The quantitative estimate of drug-likeness (QED) is 0.611. The molecular formula is C18H20N2O5. The summed E-state index contributed by atoms with van der Waals surface area (Å²) in [6.45, 7) is 3.72. The van der Waals surface area contributed by atoms with E-state index in [2.05, 4.69) is 5.32 Å². The van der Waals surface area contributed by atoms with Crippen molar-refractivity contribution in [2.45, 2.75) is 26.4 Å². The molecule has 0 fully saturated rings. The lowest BCUT2D eigenvalue weighted by Gasteiger charge is -2.19. The molecule has 1 amide bonds. The monoisotopic (exact) mass is 344 g/mol. The van der Waals surface area contributed by atoms with Gasteiger partial charge in [-0.3, -0.25) is 14.9 Å². The lowest BCUT2D eigenvalue weighted by Crippen LogP contribution is -2.32. The van der Waals surface area contributed by atoms with E-state index >= 15 is 0 Å². The molecule has 2 rings (SSSR count). The van der Waals surface area contributed by atoms with Crippen LogP contribution in [0.1, 0.15) is 18.9 Å². The second-order valence-corrected chi connectivity index (χ2v) is 5.41. The number of nitro groups is 1. The molecule has 7 heteroatoms. The van der Waals surface area contributed by atoms with Crippen molar-refractivity contribution < 1.29 is 19.2 Å². The number of anilines is 1. The first-order valence-corrected chi connectivity index (χ1v) is 7.81. The number of methoxy groups -OCH3 is 1. The fraction of sp³-hybridized carbons (Fsp3) is 0.278. The van der Waals surface area contributed by atoms with Gasteiger partial charge in [0.05, 0.1) is 17.7 Å². The number of hydrogen-bond acceptors (Lipinski definition) is 5. The SMILES string of the molecule is CCC(Oc1ccccc1C)C(=O)Nc1cc([N+](=O)[O-])ccc1OC. The van der Waals surface area contributed by atoms with Gasteiger partial charge in [0, 0.05) is 12.1 Å². The number of nitro benzene ring substituents is 1. The number of carbonyl (C=O) groups excluding carboxylic acids is 1. The maximum Gasteiger partial charge on any atom is 0.271 e. The molecule has 0 saturated carbocycles. The van der Waals surface area contributed by atoms with E-state index in [-0.39, 0.29) is 11.4 Å². The van der Waals surface area contributed by atoms with Crippen molar-refractivity contribution in [3.63, 3.8) is 0 Å². The van der Waals surface area contributed by atoms with E-state index in [1.54, 1.807) is 6.07 Å². The van der Waals surface area contributed by atoms with Crippen LogP contribution >= 0.6 is 0 Å². The number of benzene rings is 2. The van der Waals surface area contributed by atoms with Gasteiger partial charge in [-0.2, -0.15) is 0 Å². The largest absolute Gasteiger partial charge is 0.495 e. The molecule has 0 spiro atoms. The molecule has 2 aromatic carbocycles. The zero-order valence-corrected chi connectivity index (χ0v) is 14.3. The molecule has 7 nitrogen and oxygen atoms in total. The Bertz CT molecular complexity index is 776. The second kappa shape index (κ2) is 8.14. The van der Waals surface area contributed by atoms with Crippen LogP contribution in [0.15, 0.2) is 42.5 Å². The molecule has 0 aliphatic rings. The highest BCUT2D eigenvalue weighted by Crippen LogP contribution is 2.29. The predicted octanol–water partition coefficient (Wildman–Crippen LogP) is 3.71. The van der Waals surface area contributed by atoms with Crippen molar-refractivity contribution >= 4 is 17.3 Å². The van der Waals surface area contributed by atoms with Crippen LogP contribution in [0.5, 0.6) is 11.5 Å². The summed E-state index contributed by atoms with van der Waals surface area (Å²) in [7, 11) is 1.43. The average molecular weight is 344 g/mol. The highest BCUT2D eigenvalue weighted by atomic mass is 16.6. The molecule has 1 unspecified atom stereocenters. The number of aryl methyl sites for hydroxylation is 1. The molecule has 0 aromatic heterocycles. The van der Waals surface area contributed by atoms with Crippen LogP contribution in [0.2, 0.25) is 0 Å². The minimum Gasteiger partial charge on any atom is -0.495 e. The third-order valence-corrected chi connectivity index (χ3v) is 3.68. The fourth-order valence-electron chi connectivity index (χ4n) is 2.28. The summed E-state index contributed by atoms with van der Waals surface area (Å²) < 4.78 is 10.9. The Balaban J connectivity index is 2.20. The first-order chi connectivity index (χ1) is 12.0. The summed E-state index contributed by atoms with van der Waals surface area (Å²) in [4.78, 5) is 23.0. The molecule has 25 heavy (non-hydrogen) atoms. The smallest absolute Gasteiger partial charge is 0.271 e. The number of carbonyl (C=O) groups is 1. The van der Waals surface area contributed by atoms with Gasteiger partial charge in [-0.1, -0.05) is 25.1 Å². The van der Waals surface area contributed by atoms with Gasteiger partial charge < -0.3 is 14.8 Å². The highest BCUT2D eigenvalue weighted by molar-refractivity contribution is 5.96. The Morgan fingerprint density at radius 1 is 1.24 bits per heavy atom. The van der Waals surface area contributed by atoms with Crippen LogP contribution in [0.4, 0.5) is 11.4 Å². The minimum absolute atomic E-state index is 0.135. The normalized spacial score (nSPS) is 11.5. The number of nitrogens with one attached hydrogen (secondary N) is 1. The first kappa shape index (κ1) is 18.3. The van der Waals surface area contributed by atoms with Crippen molar-refractivity contribution in [1.82, 2.24) is 0 Å². The molecule has 0 heterocycles. The maximum absolute atomic E-state index is 12.5. The summed E-state index contributed by atoms with van der Waals surface area (Å²) in [5, 5.41) is 13.6. The third kappa shape index (κ3) is 4.47. The summed E-state index contributed by atoms with van der Waals surface area (Å²) in [6.07, 6.45) is -0.290. The Morgan fingerprint density at radius 2 is 1.96 bits per heavy atom. The van der Waals surface area contributed by atoms with Gasteiger partial charge in [-0.25, -0.2) is 0 Å². The molecule has 1 atom stereocenters. The van der Waals surface area contributed by atoms with Crippen LogP contribution in [0.25, 0.3) is 0 Å². The van der Waals surface area contributed by atoms with Crippen molar-refractivity contribution in [2.75, 3.05) is 12.4 Å².